The number of nitrogens with one attached hydrogen (secondary N) is 2. The minimum Gasteiger partial charge on any atom is -0.468 e. The molecule has 184 valence electrons. The fraction of sp³-hybridized carbons (Fsp3) is 0.565. The Bertz CT molecular complexity index is 806. The van der Waals surface area contributed by atoms with Gasteiger partial charge in [-0.15, -0.1) is 0 Å². The van der Waals surface area contributed by atoms with Gasteiger partial charge >= 0.3 is 12.1 Å². The number of methoxy groups -OCH3 is 1. The van der Waals surface area contributed by atoms with E-state index < -0.39 is 48.2 Å². The lowest BCUT2D eigenvalue weighted by Crippen LogP contribution is -2.55. The molecule has 33 heavy (non-hydrogen) atoms. The van der Waals surface area contributed by atoms with Gasteiger partial charge in [-0.1, -0.05) is 44.2 Å². The first-order chi connectivity index (χ1) is 15.4. The van der Waals surface area contributed by atoms with E-state index in [1.807, 2.05) is 0 Å². The van der Waals surface area contributed by atoms with Crippen LogP contribution in [0.1, 0.15) is 46.2 Å². The molecular weight excluding hydrogens is 430 g/mol. The molecule has 3 N–H and O–H groups in total. The quantitative estimate of drug-likeness (QED) is 0.445. The number of ether oxygens (including phenoxy) is 2. The minimum atomic E-state index is -1.16. The average Bonchev–Trinajstić information content (AvgIpc) is 2.74. The van der Waals surface area contributed by atoms with Crippen LogP contribution in [0.5, 0.6) is 0 Å². The van der Waals surface area contributed by atoms with Crippen LogP contribution in [-0.2, 0) is 23.9 Å². The van der Waals surface area contributed by atoms with Crippen LogP contribution in [-0.4, -0.2) is 72.3 Å². The fourth-order valence-corrected chi connectivity index (χ4v) is 3.04. The Labute approximate surface area is 194 Å². The van der Waals surface area contributed by atoms with Crippen LogP contribution in [0.15, 0.2) is 30.3 Å². The molecule has 1 aromatic rings. The number of alkyl carbamates (subject to hydrolysis) is 1. The number of esters is 1. The lowest BCUT2D eigenvalue weighted by Gasteiger charge is -2.35. The summed E-state index contributed by atoms with van der Waals surface area (Å²) in [6.07, 6.45) is -0.773. The molecule has 0 saturated heterocycles. The molecule has 0 fully saturated rings. The summed E-state index contributed by atoms with van der Waals surface area (Å²) < 4.78 is 9.84. The van der Waals surface area contributed by atoms with Gasteiger partial charge in [-0.2, -0.15) is 0 Å². The minimum absolute atomic E-state index is 0.177. The standard InChI is InChI=1S/C23H35N3O7/c1-15(2)18(25-22(31)33-23(3,4)5)21(30)26(12-13-27)19(16-10-8-7-9-11-16)20(29)24-14-17(28)32-6/h7-11,15,18-19,27H,12-14H2,1-6H3,(H,24,29)(H,25,31). The molecule has 1 rings (SSSR count). The van der Waals surface area contributed by atoms with Crippen molar-refractivity contribution in [2.45, 2.75) is 52.3 Å². The molecule has 1 aromatic carbocycles. The zero-order valence-corrected chi connectivity index (χ0v) is 20.1. The molecule has 10 nitrogen and oxygen atoms in total. The van der Waals surface area contributed by atoms with E-state index in [4.69, 9.17) is 4.74 Å². The number of hydrogen-bond donors (Lipinski definition) is 3. The van der Waals surface area contributed by atoms with Gasteiger partial charge in [-0.3, -0.25) is 14.4 Å². The van der Waals surface area contributed by atoms with Crippen LogP contribution >= 0.6 is 0 Å². The Morgan fingerprint density at radius 1 is 1.09 bits per heavy atom. The molecule has 0 aliphatic heterocycles. The second kappa shape index (κ2) is 12.8. The first-order valence-electron chi connectivity index (χ1n) is 10.7. The number of nitrogens with zero attached hydrogens (tertiary/aromatic N) is 1. The molecule has 0 radical (unpaired) electrons. The lowest BCUT2D eigenvalue weighted by molar-refractivity contribution is -0.145. The van der Waals surface area contributed by atoms with Crippen molar-refractivity contribution < 1.29 is 33.8 Å². The molecule has 0 aliphatic rings. The van der Waals surface area contributed by atoms with E-state index in [0.717, 1.165) is 0 Å². The molecule has 2 unspecified atom stereocenters. The number of hydrogen-bond acceptors (Lipinski definition) is 7. The maximum absolute atomic E-state index is 13.6. The summed E-state index contributed by atoms with van der Waals surface area (Å²) in [5.41, 5.74) is -0.291. The molecule has 10 heteroatoms. The number of carbonyl (C=O) groups excluding carboxylic acids is 4. The summed E-state index contributed by atoms with van der Waals surface area (Å²) in [6.45, 7) is 7.61. The summed E-state index contributed by atoms with van der Waals surface area (Å²) in [5, 5.41) is 14.7. The van der Waals surface area contributed by atoms with E-state index in [-0.39, 0.29) is 19.0 Å². The number of benzene rings is 1. The highest BCUT2D eigenvalue weighted by atomic mass is 16.6. The van der Waals surface area contributed by atoms with E-state index >= 15 is 0 Å². The van der Waals surface area contributed by atoms with Crippen molar-refractivity contribution in [2.75, 3.05) is 26.8 Å². The van der Waals surface area contributed by atoms with Gasteiger partial charge in [0.05, 0.1) is 13.7 Å². The van der Waals surface area contributed by atoms with Crippen molar-refractivity contribution in [1.29, 1.82) is 0 Å². The van der Waals surface area contributed by atoms with Crippen molar-refractivity contribution in [1.82, 2.24) is 15.5 Å². The van der Waals surface area contributed by atoms with E-state index in [2.05, 4.69) is 15.4 Å². The maximum atomic E-state index is 13.6. The SMILES string of the molecule is COC(=O)CNC(=O)C(c1ccccc1)N(CCO)C(=O)C(NC(=O)OC(C)(C)C)C(C)C. The van der Waals surface area contributed by atoms with Gasteiger partial charge in [-0.05, 0) is 32.3 Å². The van der Waals surface area contributed by atoms with Crippen molar-refractivity contribution in [3.8, 4) is 0 Å². The zero-order valence-electron chi connectivity index (χ0n) is 20.1. The number of amides is 3. The third kappa shape index (κ3) is 9.09. The van der Waals surface area contributed by atoms with Crippen LogP contribution in [0.4, 0.5) is 4.79 Å². The highest BCUT2D eigenvalue weighted by Crippen LogP contribution is 2.23. The average molecular weight is 466 g/mol. The molecule has 0 spiro atoms. The summed E-state index contributed by atoms with van der Waals surface area (Å²) in [5.74, 6) is -2.21. The zero-order chi connectivity index (χ0) is 25.2. The molecule has 3 amide bonds. The van der Waals surface area contributed by atoms with Crippen molar-refractivity contribution in [3.05, 3.63) is 35.9 Å². The predicted molar refractivity (Wildman–Crippen MR) is 121 cm³/mol. The van der Waals surface area contributed by atoms with Gasteiger partial charge in [-0.25, -0.2) is 4.79 Å². The molecule has 0 heterocycles. The highest BCUT2D eigenvalue weighted by Gasteiger charge is 2.37. The van der Waals surface area contributed by atoms with Crippen LogP contribution in [0.2, 0.25) is 0 Å². The van der Waals surface area contributed by atoms with Crippen molar-refractivity contribution in [2.24, 2.45) is 5.92 Å². The van der Waals surface area contributed by atoms with Gasteiger partial charge < -0.3 is 30.1 Å². The molecular formula is C23H35N3O7. The van der Waals surface area contributed by atoms with E-state index in [9.17, 15) is 24.3 Å². The van der Waals surface area contributed by atoms with Crippen LogP contribution < -0.4 is 10.6 Å². The molecule has 0 saturated carbocycles. The lowest BCUT2D eigenvalue weighted by atomic mass is 9.99. The van der Waals surface area contributed by atoms with Gasteiger partial charge in [0.15, 0.2) is 0 Å². The van der Waals surface area contributed by atoms with Crippen LogP contribution in [0.25, 0.3) is 0 Å². The first-order valence-corrected chi connectivity index (χ1v) is 10.7. The van der Waals surface area contributed by atoms with E-state index in [1.54, 1.807) is 65.0 Å². The summed E-state index contributed by atoms with van der Waals surface area (Å²) >= 11 is 0. The summed E-state index contributed by atoms with van der Waals surface area (Å²) in [4.78, 5) is 51.7. The topological polar surface area (TPSA) is 134 Å². The number of rotatable bonds is 10. The third-order valence-electron chi connectivity index (χ3n) is 4.54. The summed E-state index contributed by atoms with van der Waals surface area (Å²) in [7, 11) is 1.19. The second-order valence-corrected chi connectivity index (χ2v) is 8.73. The third-order valence-corrected chi connectivity index (χ3v) is 4.54. The Hall–Kier alpha value is -3.14. The number of aliphatic hydroxyl groups excluding tert-OH is 1. The molecule has 0 bridgehead atoms. The first kappa shape index (κ1) is 27.9. The van der Waals surface area contributed by atoms with Gasteiger partial charge in [0.1, 0.15) is 24.2 Å². The normalized spacial score (nSPS) is 13.0. The Balaban J connectivity index is 3.30. The molecule has 2 atom stereocenters. The second-order valence-electron chi connectivity index (χ2n) is 8.73. The van der Waals surface area contributed by atoms with Gasteiger partial charge in [0.25, 0.3) is 0 Å². The maximum Gasteiger partial charge on any atom is 0.408 e. The van der Waals surface area contributed by atoms with Crippen molar-refractivity contribution >= 4 is 23.9 Å². The van der Waals surface area contributed by atoms with Crippen molar-refractivity contribution in [3.63, 3.8) is 0 Å². The van der Waals surface area contributed by atoms with Gasteiger partial charge in [0.2, 0.25) is 11.8 Å². The van der Waals surface area contributed by atoms with Gasteiger partial charge in [0, 0.05) is 6.54 Å². The van der Waals surface area contributed by atoms with Crippen LogP contribution in [0, 0.1) is 5.92 Å². The van der Waals surface area contributed by atoms with E-state index in [0.29, 0.717) is 5.56 Å². The van der Waals surface area contributed by atoms with Crippen LogP contribution in [0.3, 0.4) is 0 Å². The smallest absolute Gasteiger partial charge is 0.408 e. The monoisotopic (exact) mass is 465 g/mol. The van der Waals surface area contributed by atoms with E-state index in [1.165, 1.54) is 12.0 Å². The summed E-state index contributed by atoms with van der Waals surface area (Å²) in [6, 6.07) is 6.30. The number of carbonyl (C=O) groups is 4. The predicted octanol–water partition coefficient (Wildman–Crippen LogP) is 1.39. The number of aliphatic hydroxyl groups is 1. The molecule has 0 aromatic heterocycles. The fourth-order valence-electron chi connectivity index (χ4n) is 3.04. The Morgan fingerprint density at radius 3 is 2.18 bits per heavy atom. The molecule has 0 aliphatic carbocycles. The Morgan fingerprint density at radius 2 is 1.70 bits per heavy atom. The largest absolute Gasteiger partial charge is 0.468 e. The Kier molecular flexibility index (Phi) is 10.8. The highest BCUT2D eigenvalue weighted by molar-refractivity contribution is 5.93.